The van der Waals surface area contributed by atoms with Gasteiger partial charge >= 0.3 is 0 Å². The van der Waals surface area contributed by atoms with Gasteiger partial charge in [0.15, 0.2) is 0 Å². The van der Waals surface area contributed by atoms with Crippen molar-refractivity contribution in [1.82, 2.24) is 9.80 Å². The number of hydrogen-bond donors (Lipinski definition) is 0. The van der Waals surface area contributed by atoms with Crippen LogP contribution in [-0.4, -0.2) is 48.6 Å². The summed E-state index contributed by atoms with van der Waals surface area (Å²) in [5.74, 6) is 0. The summed E-state index contributed by atoms with van der Waals surface area (Å²) in [6, 6.07) is 3.04. The molecule has 0 aromatic rings. The summed E-state index contributed by atoms with van der Waals surface area (Å²) in [6.07, 6.45) is 4.53. The molecule has 0 aromatic carbocycles. The SMILES string of the molecule is N#CCCCN1CCN2CCCC2C1. The van der Waals surface area contributed by atoms with Gasteiger partial charge in [-0.1, -0.05) is 0 Å². The third-order valence-electron chi connectivity index (χ3n) is 3.43. The predicted octanol–water partition coefficient (Wildman–Crippen LogP) is 1.07. The summed E-state index contributed by atoms with van der Waals surface area (Å²) in [4.78, 5) is 5.16. The minimum atomic E-state index is 0.713. The molecule has 2 rings (SSSR count). The Balaban J connectivity index is 1.72. The fourth-order valence-corrected chi connectivity index (χ4v) is 2.64. The zero-order valence-corrected chi connectivity index (χ0v) is 8.78. The number of fused-ring (bicyclic) bond motifs is 1. The van der Waals surface area contributed by atoms with Crippen LogP contribution in [0.5, 0.6) is 0 Å². The van der Waals surface area contributed by atoms with Gasteiger partial charge in [-0.3, -0.25) is 4.90 Å². The molecule has 0 N–H and O–H groups in total. The highest BCUT2D eigenvalue weighted by molar-refractivity contribution is 4.86. The molecule has 2 heterocycles. The van der Waals surface area contributed by atoms with Crippen molar-refractivity contribution in [2.24, 2.45) is 0 Å². The molecule has 3 heteroatoms. The molecule has 2 aliphatic heterocycles. The van der Waals surface area contributed by atoms with Crippen LogP contribution in [0.15, 0.2) is 0 Å². The molecular formula is C11H19N3. The van der Waals surface area contributed by atoms with Gasteiger partial charge in [-0.2, -0.15) is 5.26 Å². The van der Waals surface area contributed by atoms with Crippen LogP contribution in [0.3, 0.4) is 0 Å². The lowest BCUT2D eigenvalue weighted by Gasteiger charge is -2.37. The molecule has 0 bridgehead atoms. The number of unbranched alkanes of at least 4 members (excludes halogenated alkanes) is 1. The topological polar surface area (TPSA) is 30.3 Å². The van der Waals surface area contributed by atoms with E-state index in [0.29, 0.717) is 6.42 Å². The average Bonchev–Trinajstić information content (AvgIpc) is 2.65. The van der Waals surface area contributed by atoms with Gasteiger partial charge in [0.05, 0.1) is 6.07 Å². The number of nitriles is 1. The predicted molar refractivity (Wildman–Crippen MR) is 55.9 cm³/mol. The van der Waals surface area contributed by atoms with E-state index in [9.17, 15) is 0 Å². The van der Waals surface area contributed by atoms with Gasteiger partial charge in [-0.25, -0.2) is 0 Å². The second-order valence-corrected chi connectivity index (χ2v) is 4.39. The molecule has 0 radical (unpaired) electrons. The molecule has 0 aliphatic carbocycles. The van der Waals surface area contributed by atoms with Crippen LogP contribution in [0.25, 0.3) is 0 Å². The smallest absolute Gasteiger partial charge is 0.0622 e. The largest absolute Gasteiger partial charge is 0.300 e. The standard InChI is InChI=1S/C11H19N3/c12-5-1-2-6-13-8-9-14-7-3-4-11(14)10-13/h11H,1-4,6-10H2. The van der Waals surface area contributed by atoms with E-state index in [1.807, 2.05) is 0 Å². The first-order valence-corrected chi connectivity index (χ1v) is 5.73. The zero-order chi connectivity index (χ0) is 9.80. The van der Waals surface area contributed by atoms with Crippen LogP contribution in [0.4, 0.5) is 0 Å². The maximum Gasteiger partial charge on any atom is 0.0622 e. The third-order valence-corrected chi connectivity index (χ3v) is 3.43. The van der Waals surface area contributed by atoms with E-state index in [4.69, 9.17) is 5.26 Å². The van der Waals surface area contributed by atoms with Gasteiger partial charge in [0, 0.05) is 32.1 Å². The van der Waals surface area contributed by atoms with Gasteiger partial charge in [-0.15, -0.1) is 0 Å². The molecule has 3 nitrogen and oxygen atoms in total. The van der Waals surface area contributed by atoms with Crippen LogP contribution in [0, 0.1) is 11.3 Å². The maximum absolute atomic E-state index is 8.47. The van der Waals surface area contributed by atoms with Crippen LogP contribution in [0.1, 0.15) is 25.7 Å². The van der Waals surface area contributed by atoms with E-state index in [1.165, 1.54) is 39.0 Å². The van der Waals surface area contributed by atoms with Crippen molar-refractivity contribution >= 4 is 0 Å². The summed E-state index contributed by atoms with van der Waals surface area (Å²) in [7, 11) is 0. The Hall–Kier alpha value is -0.590. The Bertz CT molecular complexity index is 221. The van der Waals surface area contributed by atoms with Crippen molar-refractivity contribution in [1.29, 1.82) is 5.26 Å². The van der Waals surface area contributed by atoms with E-state index in [2.05, 4.69) is 15.9 Å². The molecule has 78 valence electrons. The minimum Gasteiger partial charge on any atom is -0.300 e. The van der Waals surface area contributed by atoms with Crippen molar-refractivity contribution in [3.05, 3.63) is 0 Å². The van der Waals surface area contributed by atoms with E-state index < -0.39 is 0 Å². The summed E-state index contributed by atoms with van der Waals surface area (Å²) in [5.41, 5.74) is 0. The fraction of sp³-hybridized carbons (Fsp3) is 0.909. The molecule has 14 heavy (non-hydrogen) atoms. The first-order valence-electron chi connectivity index (χ1n) is 5.73. The first-order chi connectivity index (χ1) is 6.90. The van der Waals surface area contributed by atoms with Crippen molar-refractivity contribution in [3.8, 4) is 6.07 Å². The van der Waals surface area contributed by atoms with Crippen molar-refractivity contribution in [3.63, 3.8) is 0 Å². The zero-order valence-electron chi connectivity index (χ0n) is 8.78. The van der Waals surface area contributed by atoms with Crippen LogP contribution in [-0.2, 0) is 0 Å². The number of hydrogen-bond acceptors (Lipinski definition) is 3. The van der Waals surface area contributed by atoms with E-state index in [-0.39, 0.29) is 0 Å². The monoisotopic (exact) mass is 193 g/mol. The molecule has 0 saturated carbocycles. The van der Waals surface area contributed by atoms with Crippen LogP contribution < -0.4 is 0 Å². The third kappa shape index (κ3) is 2.26. The van der Waals surface area contributed by atoms with Gasteiger partial charge in [0.25, 0.3) is 0 Å². The Morgan fingerprint density at radius 2 is 2.21 bits per heavy atom. The Kier molecular flexibility index (Phi) is 3.39. The molecular weight excluding hydrogens is 174 g/mol. The van der Waals surface area contributed by atoms with E-state index >= 15 is 0 Å². The van der Waals surface area contributed by atoms with Gasteiger partial charge in [0.1, 0.15) is 0 Å². The Morgan fingerprint density at radius 1 is 1.29 bits per heavy atom. The maximum atomic E-state index is 8.47. The fourth-order valence-electron chi connectivity index (χ4n) is 2.64. The number of nitrogens with zero attached hydrogens (tertiary/aromatic N) is 3. The number of piperazine rings is 1. The molecule has 2 fully saturated rings. The Morgan fingerprint density at radius 3 is 3.07 bits per heavy atom. The summed E-state index contributed by atoms with van der Waals surface area (Å²) in [5, 5.41) is 8.47. The molecule has 0 aromatic heterocycles. The van der Waals surface area contributed by atoms with E-state index in [0.717, 1.165) is 19.0 Å². The highest BCUT2D eigenvalue weighted by Crippen LogP contribution is 2.21. The van der Waals surface area contributed by atoms with Gasteiger partial charge in [0.2, 0.25) is 0 Å². The minimum absolute atomic E-state index is 0.713. The van der Waals surface area contributed by atoms with E-state index in [1.54, 1.807) is 0 Å². The molecule has 0 amide bonds. The Labute approximate surface area is 86.3 Å². The summed E-state index contributed by atoms with van der Waals surface area (Å²) in [6.45, 7) is 6.14. The van der Waals surface area contributed by atoms with Crippen LogP contribution in [0.2, 0.25) is 0 Å². The molecule has 0 spiro atoms. The highest BCUT2D eigenvalue weighted by atomic mass is 15.3. The van der Waals surface area contributed by atoms with Crippen molar-refractivity contribution in [2.45, 2.75) is 31.7 Å². The molecule has 2 saturated heterocycles. The van der Waals surface area contributed by atoms with Crippen LogP contribution >= 0.6 is 0 Å². The molecule has 1 unspecified atom stereocenters. The molecule has 2 aliphatic rings. The summed E-state index contributed by atoms with van der Waals surface area (Å²) >= 11 is 0. The highest BCUT2D eigenvalue weighted by Gasteiger charge is 2.29. The quantitative estimate of drug-likeness (QED) is 0.628. The first kappa shape index (κ1) is 9.95. The second kappa shape index (κ2) is 4.77. The lowest BCUT2D eigenvalue weighted by Crippen LogP contribution is -2.50. The normalized spacial score (nSPS) is 28.6. The number of rotatable bonds is 3. The van der Waals surface area contributed by atoms with Gasteiger partial charge < -0.3 is 4.90 Å². The molecule has 1 atom stereocenters. The lowest BCUT2D eigenvalue weighted by molar-refractivity contribution is 0.104. The average molecular weight is 193 g/mol. The van der Waals surface area contributed by atoms with Gasteiger partial charge in [-0.05, 0) is 32.4 Å². The van der Waals surface area contributed by atoms with Crippen molar-refractivity contribution < 1.29 is 0 Å². The summed E-state index contributed by atoms with van der Waals surface area (Å²) < 4.78 is 0. The van der Waals surface area contributed by atoms with Crippen molar-refractivity contribution in [2.75, 3.05) is 32.7 Å². The second-order valence-electron chi connectivity index (χ2n) is 4.39. The lowest BCUT2D eigenvalue weighted by atomic mass is 10.1.